The fraction of sp³-hybridized carbons (Fsp3) is 0.333. The lowest BCUT2D eigenvalue weighted by atomic mass is 10.4. The van der Waals surface area contributed by atoms with Crippen molar-refractivity contribution in [2.45, 2.75) is 5.03 Å². The Morgan fingerprint density at radius 2 is 2.40 bits per heavy atom. The number of methoxy groups -OCH3 is 1. The summed E-state index contributed by atoms with van der Waals surface area (Å²) in [5.74, 6) is 1.21. The largest absolute Gasteiger partial charge is 0.384 e. The van der Waals surface area contributed by atoms with Gasteiger partial charge in [0.05, 0.1) is 6.61 Å². The Morgan fingerprint density at radius 1 is 1.53 bits per heavy atom. The van der Waals surface area contributed by atoms with Crippen LogP contribution < -0.4 is 5.73 Å². The third-order valence-electron chi connectivity index (χ3n) is 1.83. The van der Waals surface area contributed by atoms with E-state index >= 15 is 0 Å². The quantitative estimate of drug-likeness (QED) is 0.504. The molecule has 0 saturated heterocycles. The molecule has 0 aromatic carbocycles. The van der Waals surface area contributed by atoms with E-state index in [1.165, 1.54) is 0 Å². The van der Waals surface area contributed by atoms with Gasteiger partial charge in [-0.2, -0.15) is 0 Å². The van der Waals surface area contributed by atoms with Crippen LogP contribution in [0.2, 0.25) is 0 Å². The number of hydrogen-bond donors (Lipinski definition) is 1. The molecule has 2 N–H and O–H groups in total. The predicted octanol–water partition coefficient (Wildman–Crippen LogP) is 2.01. The lowest BCUT2D eigenvalue weighted by Crippen LogP contribution is -1.97. The highest BCUT2D eigenvalue weighted by molar-refractivity contribution is 7.99. The topological polar surface area (TPSA) is 61.0 Å². The summed E-state index contributed by atoms with van der Waals surface area (Å²) < 4.78 is 4.99. The molecule has 0 aliphatic heterocycles. The molecule has 0 saturated carbocycles. The highest BCUT2D eigenvalue weighted by Crippen LogP contribution is 2.28. The van der Waals surface area contributed by atoms with E-state index in [9.17, 15) is 0 Å². The third-order valence-corrected chi connectivity index (χ3v) is 3.60. The summed E-state index contributed by atoms with van der Waals surface area (Å²) in [6.45, 7) is 0.709. The first-order valence-electron chi connectivity index (χ1n) is 4.43. The van der Waals surface area contributed by atoms with Crippen molar-refractivity contribution in [2.75, 3.05) is 25.2 Å². The van der Waals surface area contributed by atoms with E-state index in [1.807, 2.05) is 11.4 Å². The van der Waals surface area contributed by atoms with Crippen molar-refractivity contribution in [3.05, 3.63) is 11.4 Å². The van der Waals surface area contributed by atoms with Gasteiger partial charge in [-0.25, -0.2) is 9.97 Å². The maximum Gasteiger partial charge on any atom is 0.222 e. The summed E-state index contributed by atoms with van der Waals surface area (Å²) >= 11 is 3.22. The normalized spacial score (nSPS) is 11.0. The van der Waals surface area contributed by atoms with E-state index in [-0.39, 0.29) is 0 Å². The number of thiophene rings is 1. The fourth-order valence-corrected chi connectivity index (χ4v) is 2.93. The van der Waals surface area contributed by atoms with Gasteiger partial charge >= 0.3 is 0 Å². The maximum atomic E-state index is 5.63. The molecular weight excluding hydrogens is 230 g/mol. The predicted molar refractivity (Wildman–Crippen MR) is 64.4 cm³/mol. The second kappa shape index (κ2) is 4.78. The lowest BCUT2D eigenvalue weighted by molar-refractivity contribution is 0.218. The van der Waals surface area contributed by atoms with Crippen LogP contribution in [0.1, 0.15) is 0 Å². The highest BCUT2D eigenvalue weighted by atomic mass is 32.2. The molecule has 80 valence electrons. The monoisotopic (exact) mass is 241 g/mol. The smallest absolute Gasteiger partial charge is 0.222 e. The number of rotatable bonds is 4. The summed E-state index contributed by atoms with van der Waals surface area (Å²) in [7, 11) is 1.69. The minimum atomic E-state index is 0.338. The van der Waals surface area contributed by atoms with E-state index < -0.39 is 0 Å². The van der Waals surface area contributed by atoms with Gasteiger partial charge in [-0.1, -0.05) is 0 Å². The molecular formula is C9H11N3OS2. The van der Waals surface area contributed by atoms with Gasteiger partial charge < -0.3 is 10.5 Å². The number of nitrogens with zero attached hydrogens (tertiary/aromatic N) is 2. The van der Waals surface area contributed by atoms with Crippen LogP contribution in [-0.4, -0.2) is 29.4 Å². The van der Waals surface area contributed by atoms with Crippen LogP contribution >= 0.6 is 23.1 Å². The number of hydrogen-bond acceptors (Lipinski definition) is 6. The molecule has 6 heteroatoms. The molecule has 2 rings (SSSR count). The number of fused-ring (bicyclic) bond motifs is 1. The average molecular weight is 241 g/mol. The summed E-state index contributed by atoms with van der Waals surface area (Å²) in [5.41, 5.74) is 5.63. The Labute approximate surface area is 95.9 Å². The second-order valence-corrected chi connectivity index (χ2v) is 4.85. The van der Waals surface area contributed by atoms with Gasteiger partial charge in [-0.15, -0.1) is 23.1 Å². The Kier molecular flexibility index (Phi) is 3.40. The zero-order valence-corrected chi connectivity index (χ0v) is 9.90. The number of nitrogens with two attached hydrogens (primary N) is 1. The highest BCUT2D eigenvalue weighted by Gasteiger charge is 2.07. The van der Waals surface area contributed by atoms with Crippen molar-refractivity contribution in [3.8, 4) is 0 Å². The molecule has 2 aromatic heterocycles. The first-order valence-corrected chi connectivity index (χ1v) is 6.30. The average Bonchev–Trinajstić information content (AvgIpc) is 2.65. The first kappa shape index (κ1) is 10.7. The van der Waals surface area contributed by atoms with Crippen LogP contribution in [0.3, 0.4) is 0 Å². The number of anilines is 1. The van der Waals surface area contributed by atoms with E-state index in [2.05, 4.69) is 9.97 Å². The molecule has 0 aliphatic carbocycles. The number of nitrogen functional groups attached to an aromatic ring is 1. The lowest BCUT2D eigenvalue weighted by Gasteiger charge is -2.02. The Bertz CT molecular complexity index is 458. The first-order chi connectivity index (χ1) is 7.31. The van der Waals surface area contributed by atoms with Gasteiger partial charge in [0.2, 0.25) is 5.95 Å². The maximum absolute atomic E-state index is 5.63. The third kappa shape index (κ3) is 2.39. The van der Waals surface area contributed by atoms with E-state index in [1.54, 1.807) is 30.2 Å². The zero-order valence-electron chi connectivity index (χ0n) is 8.27. The van der Waals surface area contributed by atoms with Gasteiger partial charge in [-0.05, 0) is 11.4 Å². The van der Waals surface area contributed by atoms with Crippen molar-refractivity contribution in [2.24, 2.45) is 0 Å². The van der Waals surface area contributed by atoms with E-state index in [4.69, 9.17) is 10.5 Å². The number of thioether (sulfide) groups is 1. The zero-order chi connectivity index (χ0) is 10.7. The number of aromatic nitrogens is 2. The number of ether oxygens (including phenoxy) is 1. The van der Waals surface area contributed by atoms with Crippen LogP contribution in [0.5, 0.6) is 0 Å². The Hall–Kier alpha value is -0.850. The van der Waals surface area contributed by atoms with Crippen LogP contribution in [0, 0.1) is 0 Å². The summed E-state index contributed by atoms with van der Waals surface area (Å²) in [6.07, 6.45) is 0. The molecule has 0 radical (unpaired) electrons. The summed E-state index contributed by atoms with van der Waals surface area (Å²) in [4.78, 5) is 9.34. The van der Waals surface area contributed by atoms with Crippen LogP contribution in [-0.2, 0) is 4.74 Å². The molecule has 0 aliphatic rings. The van der Waals surface area contributed by atoms with Crippen LogP contribution in [0.15, 0.2) is 16.5 Å². The SMILES string of the molecule is COCCSc1nc(N)nc2sccc12. The molecule has 0 fully saturated rings. The Balaban J connectivity index is 2.27. The van der Waals surface area contributed by atoms with Crippen molar-refractivity contribution < 1.29 is 4.74 Å². The molecule has 0 atom stereocenters. The van der Waals surface area contributed by atoms with Gasteiger partial charge in [0.15, 0.2) is 0 Å². The molecule has 2 aromatic rings. The molecule has 0 bridgehead atoms. The van der Waals surface area contributed by atoms with Gasteiger partial charge in [0, 0.05) is 18.2 Å². The van der Waals surface area contributed by atoms with Crippen molar-refractivity contribution in [1.29, 1.82) is 0 Å². The second-order valence-electron chi connectivity index (χ2n) is 2.87. The van der Waals surface area contributed by atoms with Gasteiger partial charge in [-0.3, -0.25) is 0 Å². The van der Waals surface area contributed by atoms with Crippen molar-refractivity contribution in [1.82, 2.24) is 9.97 Å². The summed E-state index contributed by atoms with van der Waals surface area (Å²) in [5, 5.41) is 4.02. The van der Waals surface area contributed by atoms with Crippen LogP contribution in [0.25, 0.3) is 10.2 Å². The van der Waals surface area contributed by atoms with E-state index in [0.29, 0.717) is 12.6 Å². The standard InChI is InChI=1S/C9H11N3OS2/c1-13-3-5-15-8-6-2-4-14-7(6)11-9(10)12-8/h2,4H,3,5H2,1H3,(H2,10,11,12). The molecule has 2 heterocycles. The van der Waals surface area contributed by atoms with Gasteiger partial charge in [0.25, 0.3) is 0 Å². The summed E-state index contributed by atoms with van der Waals surface area (Å²) in [6, 6.07) is 2.02. The molecule has 0 spiro atoms. The Morgan fingerprint density at radius 3 is 3.20 bits per heavy atom. The van der Waals surface area contributed by atoms with Crippen molar-refractivity contribution >= 4 is 39.3 Å². The van der Waals surface area contributed by atoms with Gasteiger partial charge in [0.1, 0.15) is 9.86 Å². The molecule has 0 amide bonds. The van der Waals surface area contributed by atoms with Crippen LogP contribution in [0.4, 0.5) is 5.95 Å². The molecule has 0 unspecified atom stereocenters. The fourth-order valence-electron chi connectivity index (χ4n) is 1.18. The molecule has 15 heavy (non-hydrogen) atoms. The van der Waals surface area contributed by atoms with E-state index in [0.717, 1.165) is 21.0 Å². The van der Waals surface area contributed by atoms with Crippen molar-refractivity contribution in [3.63, 3.8) is 0 Å². The molecule has 4 nitrogen and oxygen atoms in total. The minimum Gasteiger partial charge on any atom is -0.384 e. The minimum absolute atomic E-state index is 0.338.